The molecule has 0 aliphatic carbocycles. The van der Waals surface area contributed by atoms with Crippen LogP contribution in [0.15, 0.2) is 18.2 Å². The molecule has 0 aliphatic heterocycles. The van der Waals surface area contributed by atoms with Crippen molar-refractivity contribution in [3.05, 3.63) is 29.8 Å². The number of carbonyl (C=O) groups excluding carboxylic acids is 1. The van der Waals surface area contributed by atoms with Gasteiger partial charge in [0.1, 0.15) is 5.75 Å². The Morgan fingerprint density at radius 3 is 2.52 bits per heavy atom. The summed E-state index contributed by atoms with van der Waals surface area (Å²) in [5, 5.41) is 20.3. The molecular formula is C13H15F2NO5. The first kappa shape index (κ1) is 16.8. The quantitative estimate of drug-likeness (QED) is 0.718. The van der Waals surface area contributed by atoms with E-state index < -0.39 is 41.8 Å². The van der Waals surface area contributed by atoms with Crippen molar-refractivity contribution in [3.8, 4) is 5.75 Å². The minimum atomic E-state index is -2.11. The molecule has 116 valence electrons. The SMILES string of the molecule is CC(Oc1ccc(F)c(F)c1)C(=O)NCC(C)(O)C(=O)O. The van der Waals surface area contributed by atoms with Gasteiger partial charge in [-0.25, -0.2) is 13.6 Å². The van der Waals surface area contributed by atoms with Crippen molar-refractivity contribution in [2.45, 2.75) is 25.6 Å². The van der Waals surface area contributed by atoms with E-state index in [1.807, 2.05) is 0 Å². The Kier molecular flexibility index (Phi) is 5.20. The number of hydrogen-bond acceptors (Lipinski definition) is 4. The second-order valence-corrected chi connectivity index (χ2v) is 4.63. The van der Waals surface area contributed by atoms with Crippen molar-refractivity contribution in [2.75, 3.05) is 6.54 Å². The summed E-state index contributed by atoms with van der Waals surface area (Å²) in [6, 6.07) is 2.78. The summed E-state index contributed by atoms with van der Waals surface area (Å²) in [5.41, 5.74) is -2.11. The number of ether oxygens (including phenoxy) is 1. The lowest BCUT2D eigenvalue weighted by Gasteiger charge is -2.20. The van der Waals surface area contributed by atoms with Gasteiger partial charge in [0, 0.05) is 6.07 Å². The van der Waals surface area contributed by atoms with Gasteiger partial charge in [0.2, 0.25) is 0 Å². The molecule has 0 heterocycles. The second kappa shape index (κ2) is 6.49. The molecule has 0 bridgehead atoms. The van der Waals surface area contributed by atoms with E-state index in [-0.39, 0.29) is 5.75 Å². The van der Waals surface area contributed by atoms with Crippen LogP contribution in [0.2, 0.25) is 0 Å². The lowest BCUT2D eigenvalue weighted by molar-refractivity contribution is -0.156. The Balaban J connectivity index is 2.59. The van der Waals surface area contributed by atoms with Crippen LogP contribution in [0.25, 0.3) is 0 Å². The van der Waals surface area contributed by atoms with E-state index in [4.69, 9.17) is 9.84 Å². The standard InChI is InChI=1S/C13H15F2NO5/c1-7(11(17)16-6-13(2,20)12(18)19)21-8-3-4-9(14)10(15)5-8/h3-5,7,20H,6H2,1-2H3,(H,16,17)(H,18,19). The number of rotatable bonds is 6. The highest BCUT2D eigenvalue weighted by Crippen LogP contribution is 2.16. The van der Waals surface area contributed by atoms with Crippen molar-refractivity contribution >= 4 is 11.9 Å². The first-order valence-corrected chi connectivity index (χ1v) is 5.98. The van der Waals surface area contributed by atoms with Crippen molar-refractivity contribution in [1.29, 1.82) is 0 Å². The van der Waals surface area contributed by atoms with Gasteiger partial charge < -0.3 is 20.3 Å². The Bertz CT molecular complexity index is 547. The Morgan fingerprint density at radius 1 is 1.38 bits per heavy atom. The molecular weight excluding hydrogens is 288 g/mol. The van der Waals surface area contributed by atoms with Gasteiger partial charge in [0.25, 0.3) is 5.91 Å². The van der Waals surface area contributed by atoms with E-state index in [0.29, 0.717) is 0 Å². The van der Waals surface area contributed by atoms with Gasteiger partial charge in [-0.05, 0) is 26.0 Å². The predicted molar refractivity (Wildman–Crippen MR) is 67.7 cm³/mol. The molecule has 6 nitrogen and oxygen atoms in total. The van der Waals surface area contributed by atoms with Gasteiger partial charge in [-0.3, -0.25) is 4.79 Å². The van der Waals surface area contributed by atoms with Crippen LogP contribution >= 0.6 is 0 Å². The van der Waals surface area contributed by atoms with Crippen molar-refractivity contribution < 1.29 is 33.3 Å². The average Bonchev–Trinajstić information content (AvgIpc) is 2.40. The molecule has 1 rings (SSSR count). The summed E-state index contributed by atoms with van der Waals surface area (Å²) in [5.74, 6) is -4.41. The number of carbonyl (C=O) groups is 2. The Morgan fingerprint density at radius 2 is 2.00 bits per heavy atom. The molecule has 2 unspecified atom stereocenters. The molecule has 1 aromatic carbocycles. The van der Waals surface area contributed by atoms with Gasteiger partial charge in [0.05, 0.1) is 6.54 Å². The number of amides is 1. The van der Waals surface area contributed by atoms with E-state index in [0.717, 1.165) is 25.1 Å². The van der Waals surface area contributed by atoms with Gasteiger partial charge in [-0.1, -0.05) is 0 Å². The number of aliphatic hydroxyl groups is 1. The monoisotopic (exact) mass is 303 g/mol. The second-order valence-electron chi connectivity index (χ2n) is 4.63. The molecule has 3 N–H and O–H groups in total. The number of benzene rings is 1. The fraction of sp³-hybridized carbons (Fsp3) is 0.385. The maximum absolute atomic E-state index is 13.0. The third-order valence-electron chi connectivity index (χ3n) is 2.64. The first-order valence-electron chi connectivity index (χ1n) is 5.98. The lowest BCUT2D eigenvalue weighted by atomic mass is 10.1. The van der Waals surface area contributed by atoms with Crippen LogP contribution in [0.5, 0.6) is 5.75 Å². The van der Waals surface area contributed by atoms with Crippen LogP contribution in [0.4, 0.5) is 8.78 Å². The highest BCUT2D eigenvalue weighted by molar-refractivity contribution is 5.82. The highest BCUT2D eigenvalue weighted by atomic mass is 19.2. The predicted octanol–water partition coefficient (Wildman–Crippen LogP) is 0.684. The maximum Gasteiger partial charge on any atom is 0.337 e. The number of nitrogens with one attached hydrogen (secondary N) is 1. The van der Waals surface area contributed by atoms with Gasteiger partial charge in [-0.2, -0.15) is 0 Å². The maximum atomic E-state index is 13.0. The van der Waals surface area contributed by atoms with Crippen LogP contribution in [-0.2, 0) is 9.59 Å². The topological polar surface area (TPSA) is 95.9 Å². The van der Waals surface area contributed by atoms with Crippen molar-refractivity contribution in [3.63, 3.8) is 0 Å². The molecule has 21 heavy (non-hydrogen) atoms. The molecule has 0 radical (unpaired) electrons. The fourth-order valence-electron chi connectivity index (χ4n) is 1.29. The van der Waals surface area contributed by atoms with E-state index in [1.165, 1.54) is 6.92 Å². The zero-order valence-corrected chi connectivity index (χ0v) is 11.4. The van der Waals surface area contributed by atoms with Crippen molar-refractivity contribution in [1.82, 2.24) is 5.32 Å². The minimum Gasteiger partial charge on any atom is -0.481 e. The lowest BCUT2D eigenvalue weighted by Crippen LogP contribution is -2.49. The molecule has 0 aromatic heterocycles. The third-order valence-corrected chi connectivity index (χ3v) is 2.64. The summed E-state index contributed by atoms with van der Waals surface area (Å²) in [4.78, 5) is 22.3. The van der Waals surface area contributed by atoms with Gasteiger partial charge in [-0.15, -0.1) is 0 Å². The fourth-order valence-corrected chi connectivity index (χ4v) is 1.29. The van der Waals surface area contributed by atoms with E-state index in [1.54, 1.807) is 0 Å². The summed E-state index contributed by atoms with van der Waals surface area (Å²) in [7, 11) is 0. The minimum absolute atomic E-state index is 0.0541. The summed E-state index contributed by atoms with van der Waals surface area (Å²) >= 11 is 0. The molecule has 1 aromatic rings. The number of carboxylic acid groups (broad SMARTS) is 1. The number of halogens is 2. The average molecular weight is 303 g/mol. The zero-order chi connectivity index (χ0) is 16.2. The molecule has 8 heteroatoms. The van der Waals surface area contributed by atoms with Crippen LogP contribution in [-0.4, -0.2) is 40.3 Å². The molecule has 0 saturated heterocycles. The Hall–Kier alpha value is -2.22. The zero-order valence-electron chi connectivity index (χ0n) is 11.4. The largest absolute Gasteiger partial charge is 0.481 e. The van der Waals surface area contributed by atoms with Crippen LogP contribution < -0.4 is 10.1 Å². The molecule has 2 atom stereocenters. The third kappa shape index (κ3) is 4.67. The molecule has 0 saturated carbocycles. The van der Waals surface area contributed by atoms with Gasteiger partial charge >= 0.3 is 5.97 Å². The van der Waals surface area contributed by atoms with Crippen LogP contribution in [0, 0.1) is 11.6 Å². The first-order chi connectivity index (χ1) is 9.63. The van der Waals surface area contributed by atoms with Crippen LogP contribution in [0.3, 0.4) is 0 Å². The molecule has 1 amide bonds. The highest BCUT2D eigenvalue weighted by Gasteiger charge is 2.31. The summed E-state index contributed by atoms with van der Waals surface area (Å²) < 4.78 is 30.8. The molecule has 0 spiro atoms. The summed E-state index contributed by atoms with van der Waals surface area (Å²) in [6.07, 6.45) is -1.08. The Labute approximate surface area is 119 Å². The number of hydrogen-bond donors (Lipinski definition) is 3. The number of aliphatic carboxylic acids is 1. The molecule has 0 fully saturated rings. The van der Waals surface area contributed by atoms with E-state index in [2.05, 4.69) is 5.32 Å². The van der Waals surface area contributed by atoms with Crippen LogP contribution in [0.1, 0.15) is 13.8 Å². The van der Waals surface area contributed by atoms with Gasteiger partial charge in [0.15, 0.2) is 23.3 Å². The van der Waals surface area contributed by atoms with Crippen molar-refractivity contribution in [2.24, 2.45) is 0 Å². The summed E-state index contributed by atoms with van der Waals surface area (Å²) in [6.45, 7) is 1.84. The number of carboxylic acids is 1. The smallest absolute Gasteiger partial charge is 0.337 e. The normalized spacial score (nSPS) is 14.9. The van der Waals surface area contributed by atoms with E-state index in [9.17, 15) is 23.5 Å². The van der Waals surface area contributed by atoms with E-state index >= 15 is 0 Å². The molecule has 0 aliphatic rings.